The van der Waals surface area contributed by atoms with Crippen molar-refractivity contribution in [1.29, 1.82) is 0 Å². The minimum Gasteiger partial charge on any atom is -0.457 e. The predicted molar refractivity (Wildman–Crippen MR) is 210 cm³/mol. The lowest BCUT2D eigenvalue weighted by Crippen LogP contribution is -2.01. The zero-order valence-corrected chi connectivity index (χ0v) is 31.6. The Morgan fingerprint density at radius 1 is 0.404 bits per heavy atom. The molecule has 0 N–H and O–H groups in total. The Kier molecular flexibility index (Phi) is 25.0. The molecule has 1 nitrogen and oxygen atoms in total. The highest BCUT2D eigenvalue weighted by atomic mass is 16.5. The van der Waals surface area contributed by atoms with Crippen LogP contribution in [0.15, 0.2) is 60.7 Å². The van der Waals surface area contributed by atoms with E-state index >= 15 is 0 Å². The van der Waals surface area contributed by atoms with E-state index in [-0.39, 0.29) is 0 Å². The summed E-state index contributed by atoms with van der Waals surface area (Å²) < 4.78 is 6.73. The van der Waals surface area contributed by atoms with E-state index in [1.54, 1.807) is 0 Å². The minimum absolute atomic E-state index is 1.02. The van der Waals surface area contributed by atoms with Crippen molar-refractivity contribution in [3.63, 3.8) is 0 Å². The molecule has 0 aliphatic carbocycles. The normalized spacial score (nSPS) is 11.7. The molecule has 0 aromatic heterocycles. The SMILES string of the molecule is CCCCCCC=CCCCCCCCc1cccc(Oc2cccc(CCCCCCCC=CCCCCCC)c2CC)c1CC. The molecule has 0 saturated heterocycles. The first-order valence-corrected chi connectivity index (χ1v) is 20.4. The van der Waals surface area contributed by atoms with E-state index in [0.29, 0.717) is 0 Å². The molecule has 0 radical (unpaired) electrons. The van der Waals surface area contributed by atoms with Crippen LogP contribution < -0.4 is 4.74 Å². The number of benzene rings is 2. The fourth-order valence-corrected chi connectivity index (χ4v) is 6.87. The third-order valence-electron chi connectivity index (χ3n) is 9.80. The molecule has 1 heteroatoms. The van der Waals surface area contributed by atoms with E-state index in [0.717, 1.165) is 37.2 Å². The number of hydrogen-bond donors (Lipinski definition) is 0. The molecule has 0 saturated carbocycles. The average molecular weight is 643 g/mol. The molecule has 0 unspecified atom stereocenters. The lowest BCUT2D eigenvalue weighted by molar-refractivity contribution is 0.468. The highest BCUT2D eigenvalue weighted by molar-refractivity contribution is 5.47. The van der Waals surface area contributed by atoms with Gasteiger partial charge in [0, 0.05) is 0 Å². The van der Waals surface area contributed by atoms with Crippen molar-refractivity contribution in [3.05, 3.63) is 83.0 Å². The molecule has 0 aliphatic rings. The maximum Gasteiger partial charge on any atom is 0.130 e. The van der Waals surface area contributed by atoms with Crippen LogP contribution in [-0.4, -0.2) is 0 Å². The van der Waals surface area contributed by atoms with Gasteiger partial charge in [-0.2, -0.15) is 0 Å². The number of aryl methyl sites for hydroxylation is 2. The number of allylic oxidation sites excluding steroid dienone is 4. The van der Waals surface area contributed by atoms with E-state index < -0.39 is 0 Å². The lowest BCUT2D eigenvalue weighted by atomic mass is 9.97. The lowest BCUT2D eigenvalue weighted by Gasteiger charge is -2.18. The van der Waals surface area contributed by atoms with Gasteiger partial charge in [0.15, 0.2) is 0 Å². The summed E-state index contributed by atoms with van der Waals surface area (Å²) in [5, 5.41) is 0. The van der Waals surface area contributed by atoms with E-state index in [1.807, 2.05) is 0 Å². The van der Waals surface area contributed by atoms with Crippen molar-refractivity contribution in [2.45, 2.75) is 195 Å². The summed E-state index contributed by atoms with van der Waals surface area (Å²) in [6, 6.07) is 13.5. The number of rotatable bonds is 30. The van der Waals surface area contributed by atoms with E-state index in [2.05, 4.69) is 88.4 Å². The average Bonchev–Trinajstić information content (AvgIpc) is 3.09. The van der Waals surface area contributed by atoms with Gasteiger partial charge in [-0.15, -0.1) is 0 Å². The maximum atomic E-state index is 6.73. The molecule has 0 bridgehead atoms. The van der Waals surface area contributed by atoms with Gasteiger partial charge >= 0.3 is 0 Å². The van der Waals surface area contributed by atoms with Gasteiger partial charge in [0.1, 0.15) is 11.5 Å². The van der Waals surface area contributed by atoms with Crippen molar-refractivity contribution >= 4 is 0 Å². The molecule has 0 atom stereocenters. The van der Waals surface area contributed by atoms with Crippen LogP contribution in [0.2, 0.25) is 0 Å². The molecule has 0 spiro atoms. The van der Waals surface area contributed by atoms with Crippen molar-refractivity contribution in [3.8, 4) is 11.5 Å². The van der Waals surface area contributed by atoms with Crippen LogP contribution in [0.5, 0.6) is 11.5 Å². The predicted octanol–water partition coefficient (Wildman–Crippen LogP) is 15.4. The molecule has 2 rings (SSSR count). The van der Waals surface area contributed by atoms with Gasteiger partial charge in [0.25, 0.3) is 0 Å². The number of unbranched alkanes of at least 4 members (excludes halogenated alkanes) is 18. The van der Waals surface area contributed by atoms with Crippen LogP contribution >= 0.6 is 0 Å². The summed E-state index contributed by atoms with van der Waals surface area (Å²) in [6.45, 7) is 9.13. The largest absolute Gasteiger partial charge is 0.457 e. The van der Waals surface area contributed by atoms with Crippen LogP contribution in [0, 0.1) is 0 Å². The minimum atomic E-state index is 1.02. The fraction of sp³-hybridized carbons (Fsp3) is 0.652. The molecule has 0 heterocycles. The van der Waals surface area contributed by atoms with Crippen LogP contribution in [0.3, 0.4) is 0 Å². The Hall–Kier alpha value is -2.28. The van der Waals surface area contributed by atoms with Gasteiger partial charge in [-0.25, -0.2) is 0 Å². The van der Waals surface area contributed by atoms with Gasteiger partial charge in [-0.05, 0) is 124 Å². The second-order valence-corrected chi connectivity index (χ2v) is 13.9. The molecule has 264 valence electrons. The van der Waals surface area contributed by atoms with Crippen molar-refractivity contribution < 1.29 is 4.74 Å². The molecular weight excluding hydrogens is 569 g/mol. The zero-order chi connectivity index (χ0) is 33.6. The standard InChI is InChI=1S/C46H74O/c1-5-9-11-13-15-17-19-21-23-25-27-29-31-35-41-37-33-39-45(43(41)7-3)47-46-40-34-38-42(44(46)8-4)36-32-30-28-26-24-22-20-18-16-14-12-10-6-2/h17-20,33-34,37-40H,5-16,21-32,35-36H2,1-4H3. The Morgan fingerprint density at radius 2 is 0.745 bits per heavy atom. The molecule has 2 aromatic carbocycles. The third-order valence-corrected chi connectivity index (χ3v) is 9.80. The van der Waals surface area contributed by atoms with Gasteiger partial charge in [0.05, 0.1) is 0 Å². The first-order valence-electron chi connectivity index (χ1n) is 20.4. The molecule has 0 fully saturated rings. The number of ether oxygens (including phenoxy) is 1. The Morgan fingerprint density at radius 3 is 1.11 bits per heavy atom. The molecule has 0 amide bonds. The highest BCUT2D eigenvalue weighted by Crippen LogP contribution is 2.33. The van der Waals surface area contributed by atoms with Gasteiger partial charge in [0.2, 0.25) is 0 Å². The van der Waals surface area contributed by atoms with E-state index in [9.17, 15) is 0 Å². The summed E-state index contributed by atoms with van der Waals surface area (Å²) >= 11 is 0. The van der Waals surface area contributed by atoms with Gasteiger partial charge < -0.3 is 4.74 Å². The highest BCUT2D eigenvalue weighted by Gasteiger charge is 2.13. The van der Waals surface area contributed by atoms with Crippen molar-refractivity contribution in [2.24, 2.45) is 0 Å². The molecule has 2 aromatic rings. The Balaban J connectivity index is 1.73. The Labute approximate surface area is 293 Å². The summed E-state index contributed by atoms with van der Waals surface area (Å²) in [5.74, 6) is 2.13. The summed E-state index contributed by atoms with van der Waals surface area (Å²) in [5.41, 5.74) is 5.76. The van der Waals surface area contributed by atoms with Crippen LogP contribution in [0.1, 0.15) is 191 Å². The Bertz CT molecular complexity index is 991. The second-order valence-electron chi connectivity index (χ2n) is 13.9. The summed E-state index contributed by atoms with van der Waals surface area (Å²) in [7, 11) is 0. The number of hydrogen-bond acceptors (Lipinski definition) is 1. The van der Waals surface area contributed by atoms with Gasteiger partial charge in [-0.3, -0.25) is 0 Å². The van der Waals surface area contributed by atoms with Crippen molar-refractivity contribution in [2.75, 3.05) is 0 Å². The third kappa shape index (κ3) is 18.7. The van der Waals surface area contributed by atoms with Crippen molar-refractivity contribution in [1.82, 2.24) is 0 Å². The molecule has 0 aliphatic heterocycles. The van der Waals surface area contributed by atoms with Crippen LogP contribution in [0.4, 0.5) is 0 Å². The quantitative estimate of drug-likeness (QED) is 0.0608. The summed E-state index contributed by atoms with van der Waals surface area (Å²) in [6.07, 6.45) is 43.3. The first kappa shape index (κ1) is 40.9. The molecular formula is C46H74O. The van der Waals surface area contributed by atoms with Gasteiger partial charge in [-0.1, -0.05) is 153 Å². The van der Waals surface area contributed by atoms with Crippen LogP contribution in [-0.2, 0) is 25.7 Å². The topological polar surface area (TPSA) is 9.23 Å². The fourth-order valence-electron chi connectivity index (χ4n) is 6.87. The van der Waals surface area contributed by atoms with E-state index in [1.165, 1.54) is 164 Å². The summed E-state index contributed by atoms with van der Waals surface area (Å²) in [4.78, 5) is 0. The zero-order valence-electron chi connectivity index (χ0n) is 31.6. The molecule has 47 heavy (non-hydrogen) atoms. The van der Waals surface area contributed by atoms with Crippen LogP contribution in [0.25, 0.3) is 0 Å². The smallest absolute Gasteiger partial charge is 0.130 e. The first-order chi connectivity index (χ1) is 23.2. The second kappa shape index (κ2) is 28.7. The maximum absolute atomic E-state index is 6.73. The van der Waals surface area contributed by atoms with E-state index in [4.69, 9.17) is 4.74 Å². The monoisotopic (exact) mass is 643 g/mol.